The molecule has 3 heteroatoms. The number of nitrogen functional groups attached to an aromatic ring is 1. The molecule has 1 aliphatic carbocycles. The van der Waals surface area contributed by atoms with Crippen molar-refractivity contribution in [1.29, 1.82) is 0 Å². The van der Waals surface area contributed by atoms with Crippen LogP contribution in [0.4, 0.5) is 5.82 Å². The monoisotopic (exact) mass is 339 g/mol. The lowest BCUT2D eigenvalue weighted by Gasteiger charge is -2.24. The summed E-state index contributed by atoms with van der Waals surface area (Å²) in [6, 6.07) is 21.3. The van der Waals surface area contributed by atoms with Crippen molar-refractivity contribution >= 4 is 16.7 Å². The Morgan fingerprint density at radius 2 is 1.69 bits per heavy atom. The standard InChI is InChI=1S/C23H21N3/c24-23-22-20(12-13-25-23)21(15-26(22)19-8-2-1-3-9-19)18-11-10-16-6-4-5-7-17(16)14-18/h1-9,12-13,15,18H,10-11,14H2,(H2,24,25). The Bertz CT molecular complexity index is 1080. The molecule has 2 aromatic heterocycles. The Morgan fingerprint density at radius 3 is 2.54 bits per heavy atom. The molecule has 3 nitrogen and oxygen atoms in total. The molecule has 2 aromatic carbocycles. The van der Waals surface area contributed by atoms with Crippen LogP contribution in [0.25, 0.3) is 16.6 Å². The van der Waals surface area contributed by atoms with Crippen LogP contribution in [0.3, 0.4) is 0 Å². The van der Waals surface area contributed by atoms with Crippen molar-refractivity contribution in [3.63, 3.8) is 0 Å². The molecule has 0 radical (unpaired) electrons. The van der Waals surface area contributed by atoms with Crippen molar-refractivity contribution in [3.05, 3.63) is 89.7 Å². The van der Waals surface area contributed by atoms with Crippen LogP contribution < -0.4 is 5.73 Å². The first-order chi connectivity index (χ1) is 12.8. The minimum atomic E-state index is 0.513. The summed E-state index contributed by atoms with van der Waals surface area (Å²) in [5, 5.41) is 1.23. The molecule has 26 heavy (non-hydrogen) atoms. The van der Waals surface area contributed by atoms with E-state index in [0.717, 1.165) is 24.0 Å². The molecule has 0 fully saturated rings. The SMILES string of the molecule is Nc1nccc2c(C3CCc4ccccc4C3)cn(-c3ccccc3)c12. The molecule has 1 unspecified atom stereocenters. The number of aryl methyl sites for hydroxylation is 1. The van der Waals surface area contributed by atoms with Crippen LogP contribution in [0, 0.1) is 0 Å². The third kappa shape index (κ3) is 2.39. The first-order valence-corrected chi connectivity index (χ1v) is 9.19. The number of hydrogen-bond acceptors (Lipinski definition) is 2. The van der Waals surface area contributed by atoms with Gasteiger partial charge in [0.1, 0.15) is 5.82 Å². The quantitative estimate of drug-likeness (QED) is 0.565. The van der Waals surface area contributed by atoms with Crippen molar-refractivity contribution in [2.75, 3.05) is 5.73 Å². The fourth-order valence-electron chi connectivity index (χ4n) is 4.31. The fraction of sp³-hybridized carbons (Fsp3) is 0.174. The van der Waals surface area contributed by atoms with Crippen LogP contribution in [0.5, 0.6) is 0 Å². The molecule has 2 N–H and O–H groups in total. The highest BCUT2D eigenvalue weighted by Gasteiger charge is 2.24. The maximum atomic E-state index is 6.28. The third-order valence-electron chi connectivity index (χ3n) is 5.59. The van der Waals surface area contributed by atoms with Gasteiger partial charge in [-0.15, -0.1) is 0 Å². The van der Waals surface area contributed by atoms with E-state index >= 15 is 0 Å². The summed E-state index contributed by atoms with van der Waals surface area (Å²) in [5.74, 6) is 1.10. The van der Waals surface area contributed by atoms with Gasteiger partial charge in [0.15, 0.2) is 0 Å². The van der Waals surface area contributed by atoms with E-state index < -0.39 is 0 Å². The maximum Gasteiger partial charge on any atom is 0.148 e. The molecule has 0 saturated carbocycles. The van der Waals surface area contributed by atoms with Crippen LogP contribution in [-0.4, -0.2) is 9.55 Å². The van der Waals surface area contributed by atoms with E-state index in [-0.39, 0.29) is 0 Å². The van der Waals surface area contributed by atoms with Gasteiger partial charge in [0, 0.05) is 23.5 Å². The Balaban J connectivity index is 1.67. The highest BCUT2D eigenvalue weighted by atomic mass is 15.0. The number of benzene rings is 2. The largest absolute Gasteiger partial charge is 0.382 e. The number of aromatic nitrogens is 2. The summed E-state index contributed by atoms with van der Waals surface area (Å²) < 4.78 is 2.20. The van der Waals surface area contributed by atoms with Gasteiger partial charge in [-0.25, -0.2) is 4.98 Å². The smallest absolute Gasteiger partial charge is 0.148 e. The van der Waals surface area contributed by atoms with Gasteiger partial charge in [0.25, 0.3) is 0 Å². The van der Waals surface area contributed by atoms with Gasteiger partial charge >= 0.3 is 0 Å². The molecule has 4 aromatic rings. The lowest BCUT2D eigenvalue weighted by atomic mass is 9.80. The molecule has 0 saturated heterocycles. The van der Waals surface area contributed by atoms with E-state index in [9.17, 15) is 0 Å². The topological polar surface area (TPSA) is 43.8 Å². The van der Waals surface area contributed by atoms with Gasteiger partial charge < -0.3 is 10.3 Å². The molecule has 0 aliphatic heterocycles. The zero-order valence-corrected chi connectivity index (χ0v) is 14.6. The molecule has 1 atom stereocenters. The van der Waals surface area contributed by atoms with Crippen LogP contribution in [0.15, 0.2) is 73.1 Å². The van der Waals surface area contributed by atoms with Gasteiger partial charge in [0.05, 0.1) is 5.52 Å². The first kappa shape index (κ1) is 15.2. The van der Waals surface area contributed by atoms with Crippen LogP contribution in [-0.2, 0) is 12.8 Å². The van der Waals surface area contributed by atoms with Crippen molar-refractivity contribution < 1.29 is 0 Å². The molecule has 0 spiro atoms. The number of para-hydroxylation sites is 1. The van der Waals surface area contributed by atoms with E-state index in [1.807, 2.05) is 12.3 Å². The Hall–Kier alpha value is -3.07. The number of nitrogens with two attached hydrogens (primary N) is 1. The van der Waals surface area contributed by atoms with E-state index in [1.165, 1.54) is 28.5 Å². The molecule has 2 heterocycles. The lowest BCUT2D eigenvalue weighted by Crippen LogP contribution is -2.12. The minimum absolute atomic E-state index is 0.513. The molecule has 5 rings (SSSR count). The van der Waals surface area contributed by atoms with E-state index in [2.05, 4.69) is 70.3 Å². The molecule has 0 amide bonds. The van der Waals surface area contributed by atoms with E-state index in [0.29, 0.717) is 11.7 Å². The Morgan fingerprint density at radius 1 is 0.923 bits per heavy atom. The summed E-state index contributed by atoms with van der Waals surface area (Å²) in [4.78, 5) is 4.34. The number of anilines is 1. The van der Waals surface area contributed by atoms with Crippen LogP contribution in [0.2, 0.25) is 0 Å². The van der Waals surface area contributed by atoms with Crippen molar-refractivity contribution in [3.8, 4) is 5.69 Å². The van der Waals surface area contributed by atoms with E-state index in [4.69, 9.17) is 5.73 Å². The minimum Gasteiger partial charge on any atom is -0.382 e. The second kappa shape index (κ2) is 6.03. The van der Waals surface area contributed by atoms with Crippen molar-refractivity contribution in [2.45, 2.75) is 25.2 Å². The second-order valence-corrected chi connectivity index (χ2v) is 7.09. The van der Waals surface area contributed by atoms with Gasteiger partial charge in [-0.05, 0) is 60.1 Å². The zero-order valence-electron chi connectivity index (χ0n) is 14.6. The van der Waals surface area contributed by atoms with Crippen LogP contribution in [0.1, 0.15) is 29.0 Å². The van der Waals surface area contributed by atoms with Crippen molar-refractivity contribution in [2.24, 2.45) is 0 Å². The summed E-state index contributed by atoms with van der Waals surface area (Å²) in [7, 11) is 0. The average molecular weight is 339 g/mol. The maximum absolute atomic E-state index is 6.28. The first-order valence-electron chi connectivity index (χ1n) is 9.19. The number of fused-ring (bicyclic) bond motifs is 2. The molecular formula is C23H21N3. The summed E-state index contributed by atoms with van der Waals surface area (Å²) in [5.41, 5.74) is 12.8. The molecule has 0 bridgehead atoms. The number of hydrogen-bond donors (Lipinski definition) is 1. The summed E-state index contributed by atoms with van der Waals surface area (Å²) in [6.07, 6.45) is 7.50. The van der Waals surface area contributed by atoms with Gasteiger partial charge in [-0.1, -0.05) is 42.5 Å². The normalized spacial score (nSPS) is 16.5. The average Bonchev–Trinajstić information content (AvgIpc) is 3.09. The molecular weight excluding hydrogens is 318 g/mol. The van der Waals surface area contributed by atoms with Gasteiger partial charge in [-0.2, -0.15) is 0 Å². The van der Waals surface area contributed by atoms with Gasteiger partial charge in [0.2, 0.25) is 0 Å². The molecule has 1 aliphatic rings. The predicted molar refractivity (Wildman–Crippen MR) is 107 cm³/mol. The summed E-state index contributed by atoms with van der Waals surface area (Å²) in [6.45, 7) is 0. The number of rotatable bonds is 2. The third-order valence-corrected chi connectivity index (χ3v) is 5.59. The summed E-state index contributed by atoms with van der Waals surface area (Å²) >= 11 is 0. The number of nitrogens with zero attached hydrogens (tertiary/aromatic N) is 2. The Kier molecular flexibility index (Phi) is 3.52. The van der Waals surface area contributed by atoms with Gasteiger partial charge in [-0.3, -0.25) is 0 Å². The van der Waals surface area contributed by atoms with E-state index in [1.54, 1.807) is 0 Å². The highest BCUT2D eigenvalue weighted by molar-refractivity contribution is 5.93. The second-order valence-electron chi connectivity index (χ2n) is 7.09. The predicted octanol–water partition coefficient (Wildman–Crippen LogP) is 4.88. The van der Waals surface area contributed by atoms with Crippen LogP contribution >= 0.6 is 0 Å². The molecule has 128 valence electrons. The zero-order chi connectivity index (χ0) is 17.5. The Labute approximate surface area is 153 Å². The van der Waals surface area contributed by atoms with Crippen molar-refractivity contribution in [1.82, 2.24) is 9.55 Å². The number of pyridine rings is 1. The lowest BCUT2D eigenvalue weighted by molar-refractivity contribution is 0.587. The highest BCUT2D eigenvalue weighted by Crippen LogP contribution is 2.38. The fourth-order valence-corrected chi connectivity index (χ4v) is 4.31.